The first-order chi connectivity index (χ1) is 8.69. The molecule has 5 nitrogen and oxygen atoms in total. The van der Waals surface area contributed by atoms with Gasteiger partial charge in [0, 0.05) is 6.42 Å². The zero-order valence-electron chi connectivity index (χ0n) is 9.77. The van der Waals surface area contributed by atoms with Gasteiger partial charge in [0.05, 0.1) is 0 Å². The van der Waals surface area contributed by atoms with Gasteiger partial charge in [-0.1, -0.05) is 24.7 Å². The van der Waals surface area contributed by atoms with Crippen LogP contribution in [-0.4, -0.2) is 16.1 Å². The average molecular weight is 330 g/mol. The van der Waals surface area contributed by atoms with Crippen molar-refractivity contribution in [1.29, 1.82) is 0 Å². The second kappa shape index (κ2) is 6.10. The number of amides is 1. The van der Waals surface area contributed by atoms with Crippen LogP contribution in [0.15, 0.2) is 21.2 Å². The molecule has 18 heavy (non-hydrogen) atoms. The van der Waals surface area contributed by atoms with Crippen molar-refractivity contribution in [3.8, 4) is 0 Å². The van der Waals surface area contributed by atoms with E-state index in [1.807, 2.05) is 0 Å². The summed E-state index contributed by atoms with van der Waals surface area (Å²) in [5.41, 5.74) is 0. The van der Waals surface area contributed by atoms with Crippen LogP contribution in [0.5, 0.6) is 0 Å². The zero-order valence-corrected chi connectivity index (χ0v) is 12.2. The van der Waals surface area contributed by atoms with E-state index >= 15 is 0 Å². The number of hydrogen-bond donors (Lipinski definition) is 1. The number of anilines is 1. The number of aryl methyl sites for hydroxylation is 1. The molecule has 0 bridgehead atoms. The van der Waals surface area contributed by atoms with Crippen LogP contribution in [0.25, 0.3) is 0 Å². The van der Waals surface area contributed by atoms with Gasteiger partial charge >= 0.3 is 0 Å². The summed E-state index contributed by atoms with van der Waals surface area (Å²) in [4.78, 5) is 11.8. The Kier molecular flexibility index (Phi) is 4.48. The van der Waals surface area contributed by atoms with Crippen molar-refractivity contribution in [3.05, 3.63) is 27.6 Å². The van der Waals surface area contributed by atoms with Crippen molar-refractivity contribution in [2.24, 2.45) is 0 Å². The summed E-state index contributed by atoms with van der Waals surface area (Å²) in [5.74, 6) is -0.0777. The second-order valence-corrected chi connectivity index (χ2v) is 5.51. The summed E-state index contributed by atoms with van der Waals surface area (Å²) < 4.78 is 5.67. The Morgan fingerprint density at radius 3 is 3.00 bits per heavy atom. The molecule has 2 aromatic rings. The van der Waals surface area contributed by atoms with E-state index in [0.29, 0.717) is 9.80 Å². The largest absolute Gasteiger partial charge is 0.444 e. The molecular formula is C11H12BrN3O2S. The molecule has 0 aliphatic heterocycles. The van der Waals surface area contributed by atoms with Crippen molar-refractivity contribution >= 4 is 38.3 Å². The first-order valence-corrected chi connectivity index (χ1v) is 7.19. The third-order valence-corrected chi connectivity index (χ3v) is 3.55. The smallest absolute Gasteiger partial charge is 0.293 e. The van der Waals surface area contributed by atoms with Crippen molar-refractivity contribution < 1.29 is 9.21 Å². The predicted molar refractivity (Wildman–Crippen MR) is 72.9 cm³/mol. The summed E-state index contributed by atoms with van der Waals surface area (Å²) in [6, 6.07) is 3.26. The van der Waals surface area contributed by atoms with Gasteiger partial charge in [0.15, 0.2) is 10.4 Å². The lowest BCUT2D eigenvalue weighted by molar-refractivity contribution is 0.0995. The van der Waals surface area contributed by atoms with Crippen molar-refractivity contribution in [3.63, 3.8) is 0 Å². The molecule has 0 aliphatic rings. The first-order valence-electron chi connectivity index (χ1n) is 5.58. The van der Waals surface area contributed by atoms with Crippen LogP contribution >= 0.6 is 27.3 Å². The molecule has 0 unspecified atom stereocenters. The molecule has 1 amide bonds. The fraction of sp³-hybridized carbons (Fsp3) is 0.364. The molecular weight excluding hydrogens is 318 g/mol. The Bertz CT molecular complexity index is 538. The number of aromatic nitrogens is 2. The highest BCUT2D eigenvalue weighted by molar-refractivity contribution is 9.10. The summed E-state index contributed by atoms with van der Waals surface area (Å²) in [5, 5.41) is 12.0. The zero-order chi connectivity index (χ0) is 13.0. The minimum Gasteiger partial charge on any atom is -0.444 e. The molecule has 0 radical (unpaired) electrons. The van der Waals surface area contributed by atoms with Crippen LogP contribution < -0.4 is 5.32 Å². The Morgan fingerprint density at radius 2 is 2.33 bits per heavy atom. The van der Waals surface area contributed by atoms with E-state index in [9.17, 15) is 4.79 Å². The van der Waals surface area contributed by atoms with Crippen molar-refractivity contribution in [1.82, 2.24) is 10.2 Å². The number of nitrogens with zero attached hydrogens (tertiary/aromatic N) is 2. The summed E-state index contributed by atoms with van der Waals surface area (Å²) in [7, 11) is 0. The van der Waals surface area contributed by atoms with Gasteiger partial charge in [0.25, 0.3) is 5.91 Å². The van der Waals surface area contributed by atoms with Gasteiger partial charge in [-0.3, -0.25) is 10.1 Å². The van der Waals surface area contributed by atoms with E-state index in [2.05, 4.69) is 38.4 Å². The molecule has 0 aliphatic carbocycles. The maximum Gasteiger partial charge on any atom is 0.293 e. The molecule has 0 atom stereocenters. The fourth-order valence-electron chi connectivity index (χ4n) is 1.33. The third-order valence-electron chi connectivity index (χ3n) is 2.23. The molecule has 2 aromatic heterocycles. The first kappa shape index (κ1) is 13.2. The Balaban J connectivity index is 1.97. The Hall–Kier alpha value is -1.21. The van der Waals surface area contributed by atoms with Gasteiger partial charge in [-0.2, -0.15) is 0 Å². The number of carbonyl (C=O) groups excluding carboxylic acids is 1. The van der Waals surface area contributed by atoms with Gasteiger partial charge in [-0.05, 0) is 34.5 Å². The molecule has 2 rings (SSSR count). The summed E-state index contributed by atoms with van der Waals surface area (Å²) in [6.07, 6.45) is 3.09. The highest BCUT2D eigenvalue weighted by Gasteiger charge is 2.13. The molecule has 1 N–H and O–H groups in total. The van der Waals surface area contributed by atoms with Crippen LogP contribution in [-0.2, 0) is 6.42 Å². The lowest BCUT2D eigenvalue weighted by Gasteiger charge is -1.96. The van der Waals surface area contributed by atoms with E-state index in [0.717, 1.165) is 24.3 Å². The van der Waals surface area contributed by atoms with E-state index in [1.165, 1.54) is 11.3 Å². The number of halogens is 1. The summed E-state index contributed by atoms with van der Waals surface area (Å²) in [6.45, 7) is 2.12. The van der Waals surface area contributed by atoms with Crippen molar-refractivity contribution in [2.75, 3.05) is 5.32 Å². The van der Waals surface area contributed by atoms with E-state index in [-0.39, 0.29) is 11.7 Å². The van der Waals surface area contributed by atoms with Gasteiger partial charge in [-0.15, -0.1) is 10.2 Å². The number of furan rings is 1. The molecule has 0 aromatic carbocycles. The van der Waals surface area contributed by atoms with Gasteiger partial charge in [0.1, 0.15) is 5.01 Å². The van der Waals surface area contributed by atoms with E-state index < -0.39 is 0 Å². The van der Waals surface area contributed by atoms with Crippen molar-refractivity contribution in [2.45, 2.75) is 26.2 Å². The van der Waals surface area contributed by atoms with Crippen LogP contribution in [0.3, 0.4) is 0 Å². The lowest BCUT2D eigenvalue weighted by atomic mass is 10.3. The monoisotopic (exact) mass is 329 g/mol. The number of rotatable bonds is 5. The predicted octanol–water partition coefficient (Wildman–Crippen LogP) is 3.49. The van der Waals surface area contributed by atoms with E-state index in [4.69, 9.17) is 4.42 Å². The maximum absolute atomic E-state index is 11.8. The topological polar surface area (TPSA) is 68.0 Å². The lowest BCUT2D eigenvalue weighted by Crippen LogP contribution is -2.10. The van der Waals surface area contributed by atoms with Gasteiger partial charge in [0.2, 0.25) is 5.13 Å². The molecule has 2 heterocycles. The third kappa shape index (κ3) is 3.39. The maximum atomic E-state index is 11.8. The number of nitrogens with one attached hydrogen (secondary N) is 1. The van der Waals surface area contributed by atoms with E-state index in [1.54, 1.807) is 12.1 Å². The molecule has 0 saturated carbocycles. The Morgan fingerprint density at radius 1 is 1.50 bits per heavy atom. The van der Waals surface area contributed by atoms with Crippen LogP contribution in [0.1, 0.15) is 35.3 Å². The summed E-state index contributed by atoms with van der Waals surface area (Å²) >= 11 is 4.54. The van der Waals surface area contributed by atoms with Crippen LogP contribution in [0.2, 0.25) is 0 Å². The standard InChI is InChI=1S/C11H12BrN3O2S/c1-2-3-4-9-14-15-11(18-9)13-10(16)7-5-6-8(12)17-7/h5-6H,2-4H2,1H3,(H,13,15,16). The minimum atomic E-state index is -0.320. The number of carbonyl (C=O) groups is 1. The van der Waals surface area contributed by atoms with Crippen LogP contribution in [0.4, 0.5) is 5.13 Å². The van der Waals surface area contributed by atoms with Crippen LogP contribution in [0, 0.1) is 0 Å². The number of hydrogen-bond acceptors (Lipinski definition) is 5. The molecule has 96 valence electrons. The second-order valence-electron chi connectivity index (χ2n) is 3.66. The number of unbranched alkanes of at least 4 members (excludes halogenated alkanes) is 1. The molecule has 0 spiro atoms. The highest BCUT2D eigenvalue weighted by atomic mass is 79.9. The molecule has 0 fully saturated rings. The molecule has 0 saturated heterocycles. The normalized spacial score (nSPS) is 10.6. The average Bonchev–Trinajstić information content (AvgIpc) is 2.96. The van der Waals surface area contributed by atoms with Gasteiger partial charge < -0.3 is 4.42 Å². The quantitative estimate of drug-likeness (QED) is 0.911. The SMILES string of the molecule is CCCCc1nnc(NC(=O)c2ccc(Br)o2)s1. The Labute approximate surface area is 117 Å². The fourth-order valence-corrected chi connectivity index (χ4v) is 2.41. The minimum absolute atomic E-state index is 0.243. The molecule has 7 heteroatoms. The highest BCUT2D eigenvalue weighted by Crippen LogP contribution is 2.19. The van der Waals surface area contributed by atoms with Gasteiger partial charge in [-0.25, -0.2) is 0 Å².